The van der Waals surface area contributed by atoms with Gasteiger partial charge < -0.3 is 10.2 Å². The highest BCUT2D eigenvalue weighted by molar-refractivity contribution is 5.79. The zero-order valence-electron chi connectivity index (χ0n) is 12.4. The zero-order valence-corrected chi connectivity index (χ0v) is 12.4. The van der Waals surface area contributed by atoms with Crippen molar-refractivity contribution in [1.29, 1.82) is 0 Å². The van der Waals surface area contributed by atoms with Crippen LogP contribution in [0.1, 0.15) is 46.0 Å². The summed E-state index contributed by atoms with van der Waals surface area (Å²) in [4.78, 5) is 14.8. The van der Waals surface area contributed by atoms with Crippen LogP contribution in [0.2, 0.25) is 0 Å². The minimum absolute atomic E-state index is 0.226. The third-order valence-electron chi connectivity index (χ3n) is 4.38. The number of carbonyl (C=O) groups excluding carboxylic acids is 1. The Morgan fingerprint density at radius 3 is 2.79 bits per heavy atom. The third kappa shape index (κ3) is 4.07. The minimum Gasteiger partial charge on any atom is -0.340 e. The van der Waals surface area contributed by atoms with Crippen LogP contribution in [0, 0.1) is 11.8 Å². The lowest BCUT2D eigenvalue weighted by Crippen LogP contribution is -2.46. The maximum atomic E-state index is 12.7. The first kappa shape index (κ1) is 14.6. The van der Waals surface area contributed by atoms with E-state index in [1.165, 1.54) is 12.8 Å². The highest BCUT2D eigenvalue weighted by Gasteiger charge is 2.28. The Hall–Kier alpha value is -0.830. The molecule has 0 aromatic carbocycles. The standard InChI is InChI=1S/C16H28N2O/c1-13(2)18(12-14-7-6-10-17-11-14)16(19)15-8-4-3-5-9-15/h3-4,13-15,17H,5-12H2,1-2H3. The predicted octanol–water partition coefficient (Wildman–Crippen LogP) is 2.58. The summed E-state index contributed by atoms with van der Waals surface area (Å²) in [5.41, 5.74) is 0. The molecule has 0 spiro atoms. The second-order valence-electron chi connectivity index (χ2n) is 6.28. The number of allylic oxidation sites excluding steroid dienone is 2. The van der Waals surface area contributed by atoms with E-state index in [0.717, 1.165) is 38.9 Å². The monoisotopic (exact) mass is 264 g/mol. The van der Waals surface area contributed by atoms with Crippen LogP contribution in [0.15, 0.2) is 12.2 Å². The molecule has 1 amide bonds. The number of hydrogen-bond acceptors (Lipinski definition) is 2. The van der Waals surface area contributed by atoms with Crippen molar-refractivity contribution >= 4 is 5.91 Å². The first-order valence-electron chi connectivity index (χ1n) is 7.84. The van der Waals surface area contributed by atoms with E-state index in [-0.39, 0.29) is 5.92 Å². The number of amides is 1. The van der Waals surface area contributed by atoms with Gasteiger partial charge in [-0.1, -0.05) is 12.2 Å². The number of piperidine rings is 1. The topological polar surface area (TPSA) is 32.3 Å². The van der Waals surface area contributed by atoms with Gasteiger partial charge in [0, 0.05) is 18.5 Å². The molecule has 0 radical (unpaired) electrons. The molecule has 1 aliphatic heterocycles. The molecule has 2 rings (SSSR count). The van der Waals surface area contributed by atoms with Crippen molar-refractivity contribution in [3.8, 4) is 0 Å². The Balaban J connectivity index is 1.94. The summed E-state index contributed by atoms with van der Waals surface area (Å²) in [7, 11) is 0. The molecular weight excluding hydrogens is 236 g/mol. The average Bonchev–Trinajstić information content (AvgIpc) is 2.46. The SMILES string of the molecule is CC(C)N(CC1CCCNC1)C(=O)C1CC=CCC1. The lowest BCUT2D eigenvalue weighted by Gasteiger charge is -2.35. The van der Waals surface area contributed by atoms with E-state index in [2.05, 4.69) is 36.2 Å². The molecule has 3 heteroatoms. The second-order valence-corrected chi connectivity index (χ2v) is 6.28. The molecule has 3 nitrogen and oxygen atoms in total. The van der Waals surface area contributed by atoms with Crippen molar-refractivity contribution in [3.05, 3.63) is 12.2 Å². The van der Waals surface area contributed by atoms with Crippen molar-refractivity contribution in [3.63, 3.8) is 0 Å². The second kappa shape index (κ2) is 7.09. The van der Waals surface area contributed by atoms with Gasteiger partial charge in [-0.15, -0.1) is 0 Å². The van der Waals surface area contributed by atoms with Crippen LogP contribution in [0.4, 0.5) is 0 Å². The normalized spacial score (nSPS) is 27.5. The molecule has 1 fully saturated rings. The largest absolute Gasteiger partial charge is 0.340 e. The van der Waals surface area contributed by atoms with Crippen molar-refractivity contribution < 1.29 is 4.79 Å². The molecule has 19 heavy (non-hydrogen) atoms. The van der Waals surface area contributed by atoms with Gasteiger partial charge in [0.2, 0.25) is 5.91 Å². The van der Waals surface area contributed by atoms with Gasteiger partial charge >= 0.3 is 0 Å². The molecule has 2 atom stereocenters. The molecule has 0 saturated carbocycles. The maximum Gasteiger partial charge on any atom is 0.226 e. The van der Waals surface area contributed by atoms with Crippen LogP contribution < -0.4 is 5.32 Å². The lowest BCUT2D eigenvalue weighted by atomic mass is 9.91. The molecule has 1 saturated heterocycles. The van der Waals surface area contributed by atoms with E-state index in [0.29, 0.717) is 17.9 Å². The van der Waals surface area contributed by atoms with Crippen LogP contribution in [0.3, 0.4) is 0 Å². The Morgan fingerprint density at radius 1 is 1.37 bits per heavy atom. The van der Waals surface area contributed by atoms with Gasteiger partial charge in [-0.05, 0) is 65.0 Å². The van der Waals surface area contributed by atoms with E-state index in [1.807, 2.05) is 0 Å². The molecule has 0 aromatic heterocycles. The van der Waals surface area contributed by atoms with Crippen LogP contribution in [0.25, 0.3) is 0 Å². The van der Waals surface area contributed by atoms with E-state index >= 15 is 0 Å². The highest BCUT2D eigenvalue weighted by Crippen LogP contribution is 2.23. The van der Waals surface area contributed by atoms with Gasteiger partial charge in [-0.2, -0.15) is 0 Å². The van der Waals surface area contributed by atoms with Gasteiger partial charge in [0.1, 0.15) is 0 Å². The molecule has 0 bridgehead atoms. The molecule has 1 aliphatic carbocycles. The number of rotatable bonds is 4. The zero-order chi connectivity index (χ0) is 13.7. The van der Waals surface area contributed by atoms with E-state index in [1.54, 1.807) is 0 Å². The molecule has 0 aromatic rings. The fourth-order valence-electron chi connectivity index (χ4n) is 3.17. The van der Waals surface area contributed by atoms with Gasteiger partial charge in [0.05, 0.1) is 0 Å². The quantitative estimate of drug-likeness (QED) is 0.792. The third-order valence-corrected chi connectivity index (χ3v) is 4.38. The van der Waals surface area contributed by atoms with Crippen molar-refractivity contribution in [2.24, 2.45) is 11.8 Å². The Bertz CT molecular complexity index is 319. The number of hydrogen-bond donors (Lipinski definition) is 1. The predicted molar refractivity (Wildman–Crippen MR) is 78.9 cm³/mol. The first-order chi connectivity index (χ1) is 9.18. The van der Waals surface area contributed by atoms with Gasteiger partial charge in [-0.25, -0.2) is 0 Å². The van der Waals surface area contributed by atoms with Gasteiger partial charge in [0.15, 0.2) is 0 Å². The van der Waals surface area contributed by atoms with Crippen molar-refractivity contribution in [1.82, 2.24) is 10.2 Å². The van der Waals surface area contributed by atoms with Crippen molar-refractivity contribution in [2.75, 3.05) is 19.6 Å². The fraction of sp³-hybridized carbons (Fsp3) is 0.812. The van der Waals surface area contributed by atoms with Crippen LogP contribution >= 0.6 is 0 Å². The molecular formula is C16H28N2O. The summed E-state index contributed by atoms with van der Waals surface area (Å²) < 4.78 is 0. The van der Waals surface area contributed by atoms with E-state index in [4.69, 9.17) is 0 Å². The summed E-state index contributed by atoms with van der Waals surface area (Å²) in [6.45, 7) is 7.43. The molecule has 2 unspecified atom stereocenters. The van der Waals surface area contributed by atoms with Crippen LogP contribution in [-0.2, 0) is 4.79 Å². The van der Waals surface area contributed by atoms with Gasteiger partial charge in [-0.3, -0.25) is 4.79 Å². The Morgan fingerprint density at radius 2 is 2.21 bits per heavy atom. The smallest absolute Gasteiger partial charge is 0.226 e. The van der Waals surface area contributed by atoms with Crippen LogP contribution in [0.5, 0.6) is 0 Å². The summed E-state index contributed by atoms with van der Waals surface area (Å²) in [6, 6.07) is 0.320. The number of carbonyl (C=O) groups is 1. The van der Waals surface area contributed by atoms with Crippen molar-refractivity contribution in [2.45, 2.75) is 52.0 Å². The van der Waals surface area contributed by atoms with Gasteiger partial charge in [0.25, 0.3) is 0 Å². The van der Waals surface area contributed by atoms with E-state index in [9.17, 15) is 4.79 Å². The van der Waals surface area contributed by atoms with E-state index < -0.39 is 0 Å². The fourth-order valence-corrected chi connectivity index (χ4v) is 3.17. The summed E-state index contributed by atoms with van der Waals surface area (Å²) in [5, 5.41) is 3.45. The highest BCUT2D eigenvalue weighted by atomic mass is 16.2. The molecule has 1 heterocycles. The number of nitrogens with zero attached hydrogens (tertiary/aromatic N) is 1. The Kier molecular flexibility index (Phi) is 5.44. The average molecular weight is 264 g/mol. The number of nitrogens with one attached hydrogen (secondary N) is 1. The Labute approximate surface area is 117 Å². The molecule has 2 aliphatic rings. The van der Waals surface area contributed by atoms with Crippen LogP contribution in [-0.4, -0.2) is 36.5 Å². The summed E-state index contributed by atoms with van der Waals surface area (Å²) in [5.74, 6) is 1.24. The molecule has 108 valence electrons. The minimum atomic E-state index is 0.226. The lowest BCUT2D eigenvalue weighted by molar-refractivity contribution is -0.138. The summed E-state index contributed by atoms with van der Waals surface area (Å²) in [6.07, 6.45) is 9.91. The molecule has 1 N–H and O–H groups in total. The first-order valence-corrected chi connectivity index (χ1v) is 7.84. The summed E-state index contributed by atoms with van der Waals surface area (Å²) >= 11 is 0. The maximum absolute atomic E-state index is 12.7.